The summed E-state index contributed by atoms with van der Waals surface area (Å²) in [6, 6.07) is 5.51. The van der Waals surface area contributed by atoms with E-state index in [1.54, 1.807) is 20.3 Å². The van der Waals surface area contributed by atoms with Crippen LogP contribution in [0.15, 0.2) is 38.0 Å². The summed E-state index contributed by atoms with van der Waals surface area (Å²) in [5.41, 5.74) is 0.376. The van der Waals surface area contributed by atoms with E-state index in [9.17, 15) is 9.59 Å². The third-order valence-corrected chi connectivity index (χ3v) is 5.26. The van der Waals surface area contributed by atoms with Gasteiger partial charge in [0.15, 0.2) is 22.5 Å². The predicted molar refractivity (Wildman–Crippen MR) is 105 cm³/mol. The number of benzene rings is 1. The first-order chi connectivity index (χ1) is 13.5. The summed E-state index contributed by atoms with van der Waals surface area (Å²) < 4.78 is 12.6. The molecule has 9 nitrogen and oxygen atoms in total. The fourth-order valence-corrected chi connectivity index (χ4v) is 3.92. The lowest BCUT2D eigenvalue weighted by Crippen LogP contribution is -2.26. The van der Waals surface area contributed by atoms with Crippen molar-refractivity contribution in [3.8, 4) is 22.9 Å². The van der Waals surface area contributed by atoms with Gasteiger partial charge in [-0.2, -0.15) is 0 Å². The fourth-order valence-electron chi connectivity index (χ4n) is 2.83. The van der Waals surface area contributed by atoms with E-state index in [2.05, 4.69) is 20.2 Å². The number of nitrogens with one attached hydrogen (secondary N) is 2. The molecule has 0 amide bonds. The van der Waals surface area contributed by atoms with Crippen molar-refractivity contribution in [2.24, 2.45) is 0 Å². The molecule has 3 rings (SSSR count). The van der Waals surface area contributed by atoms with E-state index in [1.165, 1.54) is 11.8 Å². The molecule has 28 heavy (non-hydrogen) atoms. The zero-order valence-corrected chi connectivity index (χ0v) is 16.8. The van der Waals surface area contributed by atoms with E-state index >= 15 is 0 Å². The maximum atomic E-state index is 12.0. The number of hydrogen-bond donors (Lipinski definition) is 2. The van der Waals surface area contributed by atoms with Crippen molar-refractivity contribution in [3.63, 3.8) is 0 Å². The molecule has 0 radical (unpaired) electrons. The summed E-state index contributed by atoms with van der Waals surface area (Å²) in [6.45, 7) is 4.43. The van der Waals surface area contributed by atoms with Gasteiger partial charge >= 0.3 is 5.69 Å². The van der Waals surface area contributed by atoms with Gasteiger partial charge < -0.3 is 19.0 Å². The first-order valence-electron chi connectivity index (χ1n) is 8.71. The molecule has 2 N–H and O–H groups in total. The summed E-state index contributed by atoms with van der Waals surface area (Å²) in [6.07, 6.45) is 0.483. The molecule has 2 aromatic heterocycles. The number of aromatic nitrogens is 5. The second-order valence-corrected chi connectivity index (χ2v) is 6.77. The Balaban J connectivity index is 2.05. The predicted octanol–water partition coefficient (Wildman–Crippen LogP) is 2.07. The van der Waals surface area contributed by atoms with Crippen molar-refractivity contribution >= 4 is 11.8 Å². The summed E-state index contributed by atoms with van der Waals surface area (Å²) in [5.74, 6) is 1.86. The molecular formula is C18H21N5O4S. The van der Waals surface area contributed by atoms with Crippen molar-refractivity contribution < 1.29 is 9.47 Å². The van der Waals surface area contributed by atoms with Gasteiger partial charge in [-0.05, 0) is 43.3 Å². The van der Waals surface area contributed by atoms with Crippen molar-refractivity contribution in [1.82, 2.24) is 24.7 Å². The second kappa shape index (κ2) is 8.34. The third kappa shape index (κ3) is 3.68. The number of hydrogen-bond acceptors (Lipinski definition) is 7. The molecule has 0 atom stereocenters. The van der Waals surface area contributed by atoms with Gasteiger partial charge in [0.05, 0.1) is 19.2 Å². The van der Waals surface area contributed by atoms with E-state index in [-0.39, 0.29) is 0 Å². The lowest BCUT2D eigenvalue weighted by Gasteiger charge is -2.11. The van der Waals surface area contributed by atoms with E-state index < -0.39 is 11.2 Å². The minimum absolute atomic E-state index is 0.392. The maximum Gasteiger partial charge on any atom is 0.326 e. The van der Waals surface area contributed by atoms with Crippen LogP contribution in [-0.2, 0) is 13.0 Å². The highest BCUT2D eigenvalue weighted by Crippen LogP contribution is 2.34. The minimum Gasteiger partial charge on any atom is -0.493 e. The summed E-state index contributed by atoms with van der Waals surface area (Å²) in [7, 11) is 3.15. The molecule has 0 aliphatic rings. The number of methoxy groups -OCH3 is 2. The average Bonchev–Trinajstić information content (AvgIpc) is 3.09. The van der Waals surface area contributed by atoms with Crippen molar-refractivity contribution in [3.05, 3.63) is 44.6 Å². The third-order valence-electron chi connectivity index (χ3n) is 4.22. The van der Waals surface area contributed by atoms with Crippen LogP contribution in [0, 0.1) is 0 Å². The standard InChI is InChI=1S/C18H21N5O4S/c1-5-11-15(24)19-17(25)20-16(11)28-18-22-21-14(23(18)6-2)10-7-8-12(26-3)13(9-10)27-4/h7-9H,5-6H2,1-4H3,(H2,19,20,24,25). The molecule has 3 aromatic rings. The van der Waals surface area contributed by atoms with Crippen molar-refractivity contribution in [1.29, 1.82) is 0 Å². The van der Waals surface area contributed by atoms with Crippen LogP contribution < -0.4 is 20.7 Å². The Morgan fingerprint density at radius 2 is 1.82 bits per heavy atom. The molecular weight excluding hydrogens is 382 g/mol. The van der Waals surface area contributed by atoms with Gasteiger partial charge in [-0.3, -0.25) is 9.78 Å². The van der Waals surface area contributed by atoms with Crippen molar-refractivity contribution in [2.75, 3.05) is 14.2 Å². The summed E-state index contributed by atoms with van der Waals surface area (Å²) >= 11 is 1.21. The van der Waals surface area contributed by atoms with Gasteiger partial charge in [-0.1, -0.05) is 6.92 Å². The molecule has 0 aliphatic heterocycles. The van der Waals surface area contributed by atoms with Gasteiger partial charge in [-0.15, -0.1) is 10.2 Å². The molecule has 0 saturated carbocycles. The molecule has 0 unspecified atom stereocenters. The molecule has 148 valence electrons. The lowest BCUT2D eigenvalue weighted by atomic mass is 10.2. The molecule has 0 aliphatic carbocycles. The first-order valence-corrected chi connectivity index (χ1v) is 9.52. The SMILES string of the molecule is CCc1c(Sc2nnc(-c3ccc(OC)c(OC)c3)n2CC)[nH]c(=O)[nH]c1=O. The molecule has 10 heteroatoms. The number of aromatic amines is 2. The smallest absolute Gasteiger partial charge is 0.326 e. The number of H-pyrrole nitrogens is 2. The van der Waals surface area contributed by atoms with Crippen LogP contribution in [0.4, 0.5) is 0 Å². The van der Waals surface area contributed by atoms with E-state index in [0.717, 1.165) is 5.56 Å². The van der Waals surface area contributed by atoms with Gasteiger partial charge in [0.25, 0.3) is 5.56 Å². The summed E-state index contributed by atoms with van der Waals surface area (Å²) in [5, 5.41) is 9.61. The Morgan fingerprint density at radius 3 is 2.46 bits per heavy atom. The highest BCUT2D eigenvalue weighted by Gasteiger charge is 2.18. The number of rotatable bonds is 7. The highest BCUT2D eigenvalue weighted by molar-refractivity contribution is 7.99. The molecule has 1 aromatic carbocycles. The van der Waals surface area contributed by atoms with E-state index in [0.29, 0.717) is 46.0 Å². The van der Waals surface area contributed by atoms with E-state index in [1.807, 2.05) is 30.5 Å². The Bertz CT molecular complexity index is 1100. The van der Waals surface area contributed by atoms with Crippen LogP contribution in [-0.4, -0.2) is 39.0 Å². The Kier molecular flexibility index (Phi) is 5.88. The van der Waals surface area contributed by atoms with Crippen LogP contribution in [0.5, 0.6) is 11.5 Å². The second-order valence-electron chi connectivity index (χ2n) is 5.79. The molecule has 0 fully saturated rings. The lowest BCUT2D eigenvalue weighted by molar-refractivity contribution is 0.355. The molecule has 0 saturated heterocycles. The summed E-state index contributed by atoms with van der Waals surface area (Å²) in [4.78, 5) is 28.7. The molecule has 2 heterocycles. The topological polar surface area (TPSA) is 115 Å². The zero-order valence-electron chi connectivity index (χ0n) is 16.0. The van der Waals surface area contributed by atoms with Gasteiger partial charge in [0.2, 0.25) is 0 Å². The van der Waals surface area contributed by atoms with Crippen LogP contribution in [0.2, 0.25) is 0 Å². The average molecular weight is 403 g/mol. The Labute approximate surface area is 165 Å². The largest absolute Gasteiger partial charge is 0.493 e. The quantitative estimate of drug-likeness (QED) is 0.580. The van der Waals surface area contributed by atoms with Crippen LogP contribution in [0.1, 0.15) is 19.4 Å². The van der Waals surface area contributed by atoms with Crippen LogP contribution in [0.3, 0.4) is 0 Å². The Hall–Kier alpha value is -3.01. The Morgan fingerprint density at radius 1 is 1.07 bits per heavy atom. The van der Waals surface area contributed by atoms with E-state index in [4.69, 9.17) is 9.47 Å². The van der Waals surface area contributed by atoms with Gasteiger partial charge in [-0.25, -0.2) is 4.79 Å². The number of nitrogens with zero attached hydrogens (tertiary/aromatic N) is 3. The molecule has 0 spiro atoms. The number of ether oxygens (including phenoxy) is 2. The first kappa shape index (κ1) is 19.7. The van der Waals surface area contributed by atoms with Gasteiger partial charge in [0.1, 0.15) is 0 Å². The molecule has 0 bridgehead atoms. The van der Waals surface area contributed by atoms with Crippen LogP contribution >= 0.6 is 11.8 Å². The maximum absolute atomic E-state index is 12.0. The normalized spacial score (nSPS) is 10.9. The highest BCUT2D eigenvalue weighted by atomic mass is 32.2. The zero-order chi connectivity index (χ0) is 20.3. The van der Waals surface area contributed by atoms with Crippen molar-refractivity contribution in [2.45, 2.75) is 37.0 Å². The van der Waals surface area contributed by atoms with Gasteiger partial charge in [0, 0.05) is 17.7 Å². The fraction of sp³-hybridized carbons (Fsp3) is 0.333. The monoisotopic (exact) mass is 403 g/mol. The minimum atomic E-state index is -0.549. The van der Waals surface area contributed by atoms with Crippen LogP contribution in [0.25, 0.3) is 11.4 Å².